The molecule has 4 nitrogen and oxygen atoms in total. The summed E-state index contributed by atoms with van der Waals surface area (Å²) in [5.74, 6) is -0.326. The van der Waals surface area contributed by atoms with Gasteiger partial charge in [-0.3, -0.25) is 4.79 Å². The molecule has 1 fully saturated rings. The zero-order valence-electron chi connectivity index (χ0n) is 10.4. The van der Waals surface area contributed by atoms with E-state index in [9.17, 15) is 9.59 Å². The molecule has 1 aromatic rings. The molecule has 0 radical (unpaired) electrons. The lowest BCUT2D eigenvalue weighted by molar-refractivity contribution is 0.0694. The molecule has 1 aliphatic rings. The van der Waals surface area contributed by atoms with Crippen molar-refractivity contribution in [3.05, 3.63) is 35.4 Å². The van der Waals surface area contributed by atoms with Crippen molar-refractivity contribution in [3.63, 3.8) is 0 Å². The van der Waals surface area contributed by atoms with Crippen LogP contribution in [0.2, 0.25) is 0 Å². The summed E-state index contributed by atoms with van der Waals surface area (Å²) in [6.45, 7) is 3.47. The molecule has 18 heavy (non-hydrogen) atoms. The quantitative estimate of drug-likeness (QED) is 0.868. The first kappa shape index (κ1) is 12.6. The van der Waals surface area contributed by atoms with Gasteiger partial charge in [-0.05, 0) is 49.9 Å². The molecule has 1 N–H and O–H groups in total. The zero-order valence-corrected chi connectivity index (χ0v) is 10.4. The summed E-state index contributed by atoms with van der Waals surface area (Å²) in [6, 6.07) is 6.11. The summed E-state index contributed by atoms with van der Waals surface area (Å²) in [7, 11) is 0. The largest absolute Gasteiger partial charge is 0.478 e. The third kappa shape index (κ3) is 2.88. The number of rotatable bonds is 5. The van der Waals surface area contributed by atoms with E-state index >= 15 is 0 Å². The number of nitrogens with zero attached hydrogens (tertiary/aromatic N) is 1. The standard InChI is InChI=1S/C14H17NO3/c1-2-15(9-10-3-4-10)13(16)11-5-7-12(8-6-11)14(17)18/h5-8,10H,2-4,9H2,1H3,(H,17,18). The van der Waals surface area contributed by atoms with Gasteiger partial charge in [-0.25, -0.2) is 4.79 Å². The Morgan fingerprint density at radius 2 is 1.78 bits per heavy atom. The Balaban J connectivity index is 2.08. The van der Waals surface area contributed by atoms with Gasteiger partial charge in [0.15, 0.2) is 0 Å². The highest BCUT2D eigenvalue weighted by Gasteiger charge is 2.26. The van der Waals surface area contributed by atoms with Gasteiger partial charge in [0.1, 0.15) is 0 Å². The number of hydrogen-bond donors (Lipinski definition) is 1. The van der Waals surface area contributed by atoms with Crippen LogP contribution in [0.5, 0.6) is 0 Å². The molecule has 4 heteroatoms. The molecule has 1 aliphatic carbocycles. The van der Waals surface area contributed by atoms with E-state index in [-0.39, 0.29) is 11.5 Å². The Bertz CT molecular complexity index is 449. The number of carboxylic acids is 1. The molecule has 96 valence electrons. The van der Waals surface area contributed by atoms with Gasteiger partial charge in [-0.1, -0.05) is 0 Å². The molecule has 0 atom stereocenters. The third-order valence-electron chi connectivity index (χ3n) is 3.22. The van der Waals surface area contributed by atoms with Crippen LogP contribution in [0.1, 0.15) is 40.5 Å². The maximum atomic E-state index is 12.2. The van der Waals surface area contributed by atoms with Gasteiger partial charge in [0.05, 0.1) is 5.56 Å². The highest BCUT2D eigenvalue weighted by atomic mass is 16.4. The second-order valence-electron chi connectivity index (χ2n) is 4.67. The summed E-state index contributed by atoms with van der Waals surface area (Å²) < 4.78 is 0. The maximum Gasteiger partial charge on any atom is 0.335 e. The SMILES string of the molecule is CCN(CC1CC1)C(=O)c1ccc(C(=O)O)cc1. The van der Waals surface area contributed by atoms with Crippen molar-refractivity contribution in [1.29, 1.82) is 0 Å². The van der Waals surface area contributed by atoms with E-state index in [2.05, 4.69) is 0 Å². The van der Waals surface area contributed by atoms with E-state index in [4.69, 9.17) is 5.11 Å². The second-order valence-corrected chi connectivity index (χ2v) is 4.67. The summed E-state index contributed by atoms with van der Waals surface area (Å²) in [4.78, 5) is 24.8. The van der Waals surface area contributed by atoms with E-state index in [1.807, 2.05) is 11.8 Å². The van der Waals surface area contributed by atoms with E-state index in [0.29, 0.717) is 18.0 Å². The second kappa shape index (κ2) is 5.21. The van der Waals surface area contributed by atoms with Crippen LogP contribution >= 0.6 is 0 Å². The van der Waals surface area contributed by atoms with Crippen LogP contribution in [-0.2, 0) is 0 Å². The van der Waals surface area contributed by atoms with Crippen LogP contribution in [-0.4, -0.2) is 35.0 Å². The smallest absolute Gasteiger partial charge is 0.335 e. The minimum atomic E-state index is -0.973. The first-order valence-corrected chi connectivity index (χ1v) is 6.24. The lowest BCUT2D eigenvalue weighted by Crippen LogP contribution is -2.32. The summed E-state index contributed by atoms with van der Waals surface area (Å²) in [5.41, 5.74) is 0.763. The fraction of sp³-hybridized carbons (Fsp3) is 0.429. The predicted molar refractivity (Wildman–Crippen MR) is 67.7 cm³/mol. The third-order valence-corrected chi connectivity index (χ3v) is 3.22. The molecular weight excluding hydrogens is 230 g/mol. The molecular formula is C14H17NO3. The highest BCUT2D eigenvalue weighted by Crippen LogP contribution is 2.30. The number of benzene rings is 1. The van der Waals surface area contributed by atoms with Gasteiger partial charge in [0.2, 0.25) is 0 Å². The minimum Gasteiger partial charge on any atom is -0.478 e. The lowest BCUT2D eigenvalue weighted by Gasteiger charge is -2.20. The number of carbonyl (C=O) groups is 2. The molecule has 0 spiro atoms. The Labute approximate surface area is 106 Å². The minimum absolute atomic E-state index is 0.0126. The monoisotopic (exact) mass is 247 g/mol. The van der Waals surface area contributed by atoms with E-state index < -0.39 is 5.97 Å². The zero-order chi connectivity index (χ0) is 13.1. The van der Waals surface area contributed by atoms with Crippen LogP contribution in [0.3, 0.4) is 0 Å². The molecule has 0 unspecified atom stereocenters. The van der Waals surface area contributed by atoms with Crippen LogP contribution in [0.4, 0.5) is 0 Å². The molecule has 0 saturated heterocycles. The van der Waals surface area contributed by atoms with Gasteiger partial charge in [0, 0.05) is 18.7 Å². The van der Waals surface area contributed by atoms with Crippen molar-refractivity contribution in [1.82, 2.24) is 4.90 Å². The van der Waals surface area contributed by atoms with Crippen molar-refractivity contribution < 1.29 is 14.7 Å². The Hall–Kier alpha value is -1.84. The van der Waals surface area contributed by atoms with E-state index in [1.54, 1.807) is 12.1 Å². The maximum absolute atomic E-state index is 12.2. The van der Waals surface area contributed by atoms with Gasteiger partial charge in [-0.15, -0.1) is 0 Å². The summed E-state index contributed by atoms with van der Waals surface area (Å²) in [6.07, 6.45) is 2.42. The lowest BCUT2D eigenvalue weighted by atomic mass is 10.1. The fourth-order valence-corrected chi connectivity index (χ4v) is 1.91. The van der Waals surface area contributed by atoms with Crippen molar-refractivity contribution in [2.45, 2.75) is 19.8 Å². The molecule has 0 aromatic heterocycles. The molecule has 0 aliphatic heterocycles. The van der Waals surface area contributed by atoms with E-state index in [0.717, 1.165) is 6.54 Å². The Morgan fingerprint density at radius 3 is 2.22 bits per heavy atom. The number of amides is 1. The number of carboxylic acid groups (broad SMARTS) is 1. The average Bonchev–Trinajstić information content (AvgIpc) is 3.19. The highest BCUT2D eigenvalue weighted by molar-refractivity contribution is 5.95. The Morgan fingerprint density at radius 1 is 1.22 bits per heavy atom. The van der Waals surface area contributed by atoms with Crippen molar-refractivity contribution >= 4 is 11.9 Å². The first-order valence-electron chi connectivity index (χ1n) is 6.24. The molecule has 1 aromatic carbocycles. The predicted octanol–water partition coefficient (Wildman–Crippen LogP) is 2.26. The van der Waals surface area contributed by atoms with Gasteiger partial charge in [0.25, 0.3) is 5.91 Å². The first-order chi connectivity index (χ1) is 8.61. The number of hydrogen-bond acceptors (Lipinski definition) is 2. The molecule has 1 amide bonds. The molecule has 0 bridgehead atoms. The van der Waals surface area contributed by atoms with Crippen LogP contribution in [0.15, 0.2) is 24.3 Å². The fourth-order valence-electron chi connectivity index (χ4n) is 1.91. The summed E-state index contributed by atoms with van der Waals surface area (Å²) in [5, 5.41) is 8.80. The van der Waals surface area contributed by atoms with Gasteiger partial charge < -0.3 is 10.0 Å². The number of carbonyl (C=O) groups excluding carboxylic acids is 1. The average molecular weight is 247 g/mol. The molecule has 1 saturated carbocycles. The normalized spacial score (nSPS) is 14.3. The van der Waals surface area contributed by atoms with Crippen molar-refractivity contribution in [2.75, 3.05) is 13.1 Å². The van der Waals surface area contributed by atoms with Crippen molar-refractivity contribution in [3.8, 4) is 0 Å². The van der Waals surface area contributed by atoms with Crippen LogP contribution in [0, 0.1) is 5.92 Å². The van der Waals surface area contributed by atoms with Crippen molar-refractivity contribution in [2.24, 2.45) is 5.92 Å². The molecule has 0 heterocycles. The molecule has 2 rings (SSSR count). The number of aromatic carboxylic acids is 1. The van der Waals surface area contributed by atoms with E-state index in [1.165, 1.54) is 25.0 Å². The summed E-state index contributed by atoms with van der Waals surface area (Å²) >= 11 is 0. The van der Waals surface area contributed by atoms with Gasteiger partial charge >= 0.3 is 5.97 Å². The topological polar surface area (TPSA) is 57.6 Å². The van der Waals surface area contributed by atoms with Crippen LogP contribution < -0.4 is 0 Å². The Kier molecular flexibility index (Phi) is 3.65. The van der Waals surface area contributed by atoms with Gasteiger partial charge in [-0.2, -0.15) is 0 Å². The van der Waals surface area contributed by atoms with Crippen LogP contribution in [0.25, 0.3) is 0 Å².